The summed E-state index contributed by atoms with van der Waals surface area (Å²) in [5.74, 6) is -1.39. The van der Waals surface area contributed by atoms with Gasteiger partial charge in [-0.05, 0) is 48.3 Å². The summed E-state index contributed by atoms with van der Waals surface area (Å²) in [5.41, 5.74) is 0.937. The largest absolute Gasteiger partial charge is 0.465 e. The summed E-state index contributed by atoms with van der Waals surface area (Å²) >= 11 is 9.26. The zero-order chi connectivity index (χ0) is 41.8. The number of nitrogens with zero attached hydrogens (tertiary/aromatic N) is 8. The first-order chi connectivity index (χ1) is 28.9. The minimum absolute atomic E-state index is 0.0199. The molecule has 3 aliphatic heterocycles. The zero-order valence-electron chi connectivity index (χ0n) is 30.1. The van der Waals surface area contributed by atoms with E-state index in [2.05, 4.69) is 52.8 Å². The van der Waals surface area contributed by atoms with E-state index in [4.69, 9.17) is 39.4 Å². The molecule has 2 amide bonds. The number of fused-ring (bicyclic) bond motifs is 4. The molecule has 7 heterocycles. The molecule has 3 N–H and O–H groups in total. The van der Waals surface area contributed by atoms with Crippen molar-refractivity contribution in [3.63, 3.8) is 0 Å². The summed E-state index contributed by atoms with van der Waals surface area (Å²) in [4.78, 5) is 62.0. The number of halogens is 2. The topological polar surface area (TPSA) is 238 Å². The van der Waals surface area contributed by atoms with Gasteiger partial charge in [0.1, 0.15) is 37.5 Å². The smallest absolute Gasteiger partial charge is 0.437 e. The molecule has 9 rings (SSSR count). The molecule has 6 aromatic rings. The molecule has 0 radical (unpaired) electrons. The fourth-order valence-electron chi connectivity index (χ4n) is 6.61. The van der Waals surface area contributed by atoms with Crippen molar-refractivity contribution in [1.82, 2.24) is 39.0 Å². The van der Waals surface area contributed by atoms with E-state index < -0.39 is 80.8 Å². The quantitative estimate of drug-likeness (QED) is 0.124. The van der Waals surface area contributed by atoms with Gasteiger partial charge in [0.2, 0.25) is 6.23 Å². The van der Waals surface area contributed by atoms with Gasteiger partial charge in [-0.3, -0.25) is 27.8 Å². The van der Waals surface area contributed by atoms with Gasteiger partial charge >= 0.3 is 13.5 Å². The van der Waals surface area contributed by atoms with Crippen LogP contribution in [0.2, 0.25) is 0 Å². The Bertz CT molecular complexity index is 2760. The Morgan fingerprint density at radius 3 is 1.92 bits per heavy atom. The minimum Gasteiger partial charge on any atom is -0.465 e. The van der Waals surface area contributed by atoms with Crippen molar-refractivity contribution in [1.29, 1.82) is 0 Å². The Labute approximate surface area is 346 Å². The Kier molecular flexibility index (Phi) is 10.7. The van der Waals surface area contributed by atoms with Gasteiger partial charge in [-0.2, -0.15) is 0 Å². The molecule has 0 aliphatic carbocycles. The number of thiol groups is 1. The van der Waals surface area contributed by atoms with Crippen LogP contribution in [0.1, 0.15) is 33.2 Å². The van der Waals surface area contributed by atoms with Crippen LogP contribution in [0.4, 0.5) is 20.4 Å². The van der Waals surface area contributed by atoms with E-state index in [1.165, 1.54) is 21.8 Å². The molecule has 60 heavy (non-hydrogen) atoms. The van der Waals surface area contributed by atoms with E-state index in [0.29, 0.717) is 17.4 Å². The summed E-state index contributed by atoms with van der Waals surface area (Å²) in [5, 5.41) is 5.31. The number of rotatable bonds is 6. The number of imidazole rings is 2. The highest BCUT2D eigenvalue weighted by Gasteiger charge is 2.53. The molecule has 2 unspecified atom stereocenters. The fourth-order valence-corrected chi connectivity index (χ4v) is 9.29. The van der Waals surface area contributed by atoms with E-state index >= 15 is 8.78 Å². The fraction of sp³-hybridized carbons (Fsp3) is 0.235. The number of anilines is 2. The van der Waals surface area contributed by atoms with Gasteiger partial charge in [-0.15, -0.1) is 0 Å². The number of alkyl halides is 2. The van der Waals surface area contributed by atoms with Crippen molar-refractivity contribution in [2.75, 3.05) is 17.2 Å². The number of ether oxygens (including phenoxy) is 2. The maximum atomic E-state index is 16.5. The minimum atomic E-state index is -4.59. The number of carbonyl (C=O) groups is 2. The number of nitrogens with one attached hydrogen (secondary N) is 2. The average Bonchev–Trinajstić information content (AvgIpc) is 4.01. The molecule has 2 aromatic carbocycles. The third-order valence-corrected chi connectivity index (χ3v) is 12.4. The van der Waals surface area contributed by atoms with E-state index in [9.17, 15) is 19.0 Å². The number of amides is 2. The SMILES string of the molecule is O=C(Nc1ncnc2c1ncn2[C@@H]1O[C@@H]2COP(O)(=S)O[C@@H]3/C(=C\OP(=O)(S)O[C@H]2[C@H]1F)O[C@@H](n1cnc2c(NC(=O)c4ccccc4)ncnc21)[C@@H]3F)c1ccccc1. The van der Waals surface area contributed by atoms with Crippen molar-refractivity contribution in [3.05, 3.63) is 109 Å². The number of hydrogen-bond donors (Lipinski definition) is 4. The molecular weight excluding hydrogens is 873 g/mol. The second-order valence-corrected chi connectivity index (χ2v) is 18.8. The monoisotopic (exact) mass is 900 g/mol. The predicted octanol–water partition coefficient (Wildman–Crippen LogP) is 5.19. The molecule has 2 fully saturated rings. The van der Waals surface area contributed by atoms with Crippen molar-refractivity contribution in [2.45, 2.75) is 43.1 Å². The molecule has 0 bridgehead atoms. The summed E-state index contributed by atoms with van der Waals surface area (Å²) in [6, 6.07) is 16.7. The molecular formula is C34H28F2N10O10P2S2. The van der Waals surface area contributed by atoms with Crippen LogP contribution in [0.5, 0.6) is 0 Å². The maximum absolute atomic E-state index is 16.5. The lowest BCUT2D eigenvalue weighted by atomic mass is 10.1. The molecule has 3 aliphatic rings. The summed E-state index contributed by atoms with van der Waals surface area (Å²) in [7, 11) is 0. The Balaban J connectivity index is 0.958. The number of aromatic nitrogens is 8. The van der Waals surface area contributed by atoms with Gasteiger partial charge in [0, 0.05) is 11.1 Å². The van der Waals surface area contributed by atoms with Gasteiger partial charge in [0.25, 0.3) is 11.8 Å². The number of hydrogen-bond acceptors (Lipinski definition) is 16. The molecule has 2 saturated heterocycles. The second-order valence-electron chi connectivity index (χ2n) is 13.1. The molecule has 0 spiro atoms. The molecule has 9 atom stereocenters. The Morgan fingerprint density at radius 2 is 1.35 bits per heavy atom. The summed E-state index contributed by atoms with van der Waals surface area (Å²) in [6.07, 6.45) is -7.20. The highest BCUT2D eigenvalue weighted by Crippen LogP contribution is 2.59. The van der Waals surface area contributed by atoms with Gasteiger partial charge < -0.3 is 34.0 Å². The van der Waals surface area contributed by atoms with Crippen LogP contribution in [0.25, 0.3) is 22.3 Å². The first kappa shape index (κ1) is 40.1. The molecule has 26 heteroatoms. The average molecular weight is 901 g/mol. The van der Waals surface area contributed by atoms with Crippen LogP contribution in [0, 0.1) is 0 Å². The van der Waals surface area contributed by atoms with Gasteiger partial charge in [0.05, 0.1) is 12.9 Å². The summed E-state index contributed by atoms with van der Waals surface area (Å²) < 4.78 is 82.8. The van der Waals surface area contributed by atoms with Crippen LogP contribution in [-0.2, 0) is 43.9 Å². The first-order valence-corrected chi connectivity index (χ1v) is 22.9. The van der Waals surface area contributed by atoms with Crippen molar-refractivity contribution in [3.8, 4) is 0 Å². The van der Waals surface area contributed by atoms with Gasteiger partial charge in [0.15, 0.2) is 64.4 Å². The number of benzene rings is 2. The first-order valence-electron chi connectivity index (χ1n) is 17.6. The van der Waals surface area contributed by atoms with Crippen LogP contribution in [0.3, 0.4) is 0 Å². The lowest BCUT2D eigenvalue weighted by molar-refractivity contribution is -0.0433. The van der Waals surface area contributed by atoms with E-state index in [0.717, 1.165) is 12.7 Å². The van der Waals surface area contributed by atoms with Gasteiger partial charge in [-0.1, -0.05) is 36.4 Å². The highest BCUT2D eigenvalue weighted by molar-refractivity contribution is 8.44. The van der Waals surface area contributed by atoms with E-state index in [1.807, 2.05) is 0 Å². The molecule has 20 nitrogen and oxygen atoms in total. The Hall–Kier alpha value is -5.29. The van der Waals surface area contributed by atoms with E-state index in [-0.39, 0.29) is 34.0 Å². The highest BCUT2D eigenvalue weighted by atomic mass is 32.7. The predicted molar refractivity (Wildman–Crippen MR) is 211 cm³/mol. The zero-order valence-corrected chi connectivity index (χ0v) is 33.6. The molecule has 310 valence electrons. The van der Waals surface area contributed by atoms with Crippen molar-refractivity contribution < 1.29 is 55.4 Å². The van der Waals surface area contributed by atoms with E-state index in [1.54, 1.807) is 60.7 Å². The van der Waals surface area contributed by atoms with Crippen molar-refractivity contribution >= 4 is 83.3 Å². The standard InChI is InChI=1S/C34H28F2N10O10P2S2/c35-21-25-19(53-33(21)45-15-41-23-27(37-13-39-29(23)45)43-31(47)17-7-3-1-4-8-17)11-51-58(50,60)56-26-20(12-52-57(49,59)55-25)54-34(22(26)36)46-16-42-24-28(38-14-40-30(24)46)44-32(48)18-9-5-2-6-10-18/h1-11,13-16,20-22,25-26,33-34H,12H2,(H,49,59)(H,50,60)(H,37,39,43,47)(H,38,40,44,48)/b19-11+/t20-,21-,22-,25-,26-,33-,34-,57?,58?/m1/s1. The lowest BCUT2D eigenvalue weighted by Crippen LogP contribution is -2.34. The van der Waals surface area contributed by atoms with Gasteiger partial charge in [-0.25, -0.2) is 43.2 Å². The second kappa shape index (κ2) is 16.0. The third kappa shape index (κ3) is 7.77. The lowest BCUT2D eigenvalue weighted by Gasteiger charge is -2.26. The molecule has 0 saturated carbocycles. The summed E-state index contributed by atoms with van der Waals surface area (Å²) in [6.45, 7) is -9.72. The molecule has 4 aromatic heterocycles. The van der Waals surface area contributed by atoms with Crippen LogP contribution in [-0.4, -0.2) is 93.0 Å². The Morgan fingerprint density at radius 1 is 0.800 bits per heavy atom. The maximum Gasteiger partial charge on any atom is 0.437 e. The normalized spacial score (nSPS) is 30.1. The number of carbonyl (C=O) groups excluding carboxylic acids is 2. The van der Waals surface area contributed by atoms with Crippen molar-refractivity contribution in [2.24, 2.45) is 0 Å². The van der Waals surface area contributed by atoms with Crippen LogP contribution < -0.4 is 10.6 Å². The third-order valence-electron chi connectivity index (χ3n) is 9.37. The van der Waals surface area contributed by atoms with Crippen LogP contribution >= 0.6 is 25.8 Å². The van der Waals surface area contributed by atoms with Crippen LogP contribution in [0.15, 0.2) is 98.0 Å².